The van der Waals surface area contributed by atoms with Gasteiger partial charge in [-0.2, -0.15) is 0 Å². The van der Waals surface area contributed by atoms with Crippen molar-refractivity contribution < 1.29 is 5.11 Å². The monoisotopic (exact) mass is 144 g/mol. The summed E-state index contributed by atoms with van der Waals surface area (Å²) in [7, 11) is 1.07. The lowest BCUT2D eigenvalue weighted by molar-refractivity contribution is 0.560. The van der Waals surface area contributed by atoms with E-state index in [9.17, 15) is 0 Å². The lowest BCUT2D eigenvalue weighted by Gasteiger charge is -2.17. The summed E-state index contributed by atoms with van der Waals surface area (Å²) in [6, 6.07) is 0. The van der Waals surface area contributed by atoms with Gasteiger partial charge in [-0.3, -0.25) is 0 Å². The zero-order valence-electron chi connectivity index (χ0n) is 4.77. The van der Waals surface area contributed by atoms with Gasteiger partial charge >= 0.3 is 0 Å². The maximum absolute atomic E-state index is 8.74. The van der Waals surface area contributed by atoms with Crippen LogP contribution in [0.15, 0.2) is 10.8 Å². The van der Waals surface area contributed by atoms with Crippen molar-refractivity contribution in [2.45, 2.75) is 12.8 Å². The second kappa shape index (κ2) is 1.99. The SMILES string of the molecule is OC(=S)C1=C([SiH3])CC1. The van der Waals surface area contributed by atoms with Crippen molar-refractivity contribution in [3.8, 4) is 0 Å². The molecule has 1 N–H and O–H groups in total. The fourth-order valence-electron chi connectivity index (χ4n) is 0.789. The quantitative estimate of drug-likeness (QED) is 0.421. The van der Waals surface area contributed by atoms with Gasteiger partial charge in [0.05, 0.1) is 0 Å². The summed E-state index contributed by atoms with van der Waals surface area (Å²) < 4.78 is 0. The molecule has 0 radical (unpaired) electrons. The van der Waals surface area contributed by atoms with Crippen LogP contribution in [0, 0.1) is 0 Å². The molecule has 1 aliphatic rings. The van der Waals surface area contributed by atoms with E-state index in [2.05, 4.69) is 12.2 Å². The van der Waals surface area contributed by atoms with E-state index in [1.165, 1.54) is 11.6 Å². The Hall–Kier alpha value is -0.153. The van der Waals surface area contributed by atoms with Crippen LogP contribution in [0.3, 0.4) is 0 Å². The van der Waals surface area contributed by atoms with Gasteiger partial charge in [0.15, 0.2) is 5.05 Å². The van der Waals surface area contributed by atoms with Gasteiger partial charge in [-0.25, -0.2) is 0 Å². The topological polar surface area (TPSA) is 20.2 Å². The fraction of sp³-hybridized carbons (Fsp3) is 0.400. The predicted molar refractivity (Wildman–Crippen MR) is 41.4 cm³/mol. The van der Waals surface area contributed by atoms with E-state index in [-0.39, 0.29) is 5.05 Å². The summed E-state index contributed by atoms with van der Waals surface area (Å²) in [6.45, 7) is 0. The lowest BCUT2D eigenvalue weighted by Crippen LogP contribution is -2.11. The van der Waals surface area contributed by atoms with Crippen LogP contribution in [0.5, 0.6) is 0 Å². The maximum Gasteiger partial charge on any atom is 0.184 e. The van der Waals surface area contributed by atoms with Crippen molar-refractivity contribution in [3.05, 3.63) is 10.8 Å². The van der Waals surface area contributed by atoms with E-state index in [4.69, 9.17) is 5.11 Å². The van der Waals surface area contributed by atoms with Crippen molar-refractivity contribution in [3.63, 3.8) is 0 Å². The Kier molecular flexibility index (Phi) is 1.49. The van der Waals surface area contributed by atoms with Crippen LogP contribution in [0.1, 0.15) is 12.8 Å². The number of aliphatic hydroxyl groups excluding tert-OH is 1. The Labute approximate surface area is 56.8 Å². The summed E-state index contributed by atoms with van der Waals surface area (Å²) in [6.07, 6.45) is 2.18. The highest BCUT2D eigenvalue weighted by Gasteiger charge is 2.15. The molecule has 0 bridgehead atoms. The van der Waals surface area contributed by atoms with Gasteiger partial charge in [0.2, 0.25) is 0 Å². The molecule has 44 valence electrons. The van der Waals surface area contributed by atoms with Crippen LogP contribution in [-0.2, 0) is 0 Å². The molecule has 0 unspecified atom stereocenters. The summed E-state index contributed by atoms with van der Waals surface area (Å²) in [4.78, 5) is 0. The molecule has 0 saturated carbocycles. The molecule has 1 nitrogen and oxygen atoms in total. The number of aliphatic hydroxyl groups is 1. The molecule has 0 aromatic carbocycles. The van der Waals surface area contributed by atoms with Gasteiger partial charge in [-0.15, -0.1) is 0 Å². The average molecular weight is 144 g/mol. The minimum absolute atomic E-state index is 0.126. The Bertz CT molecular complexity index is 162. The largest absolute Gasteiger partial charge is 0.499 e. The normalized spacial score (nSPS) is 18.5. The van der Waals surface area contributed by atoms with E-state index < -0.39 is 0 Å². The van der Waals surface area contributed by atoms with Crippen LogP contribution in [0.2, 0.25) is 0 Å². The average Bonchev–Trinajstić information content (AvgIpc) is 1.61. The molecule has 0 atom stereocenters. The van der Waals surface area contributed by atoms with Crippen LogP contribution < -0.4 is 0 Å². The molecule has 3 heteroatoms. The molecule has 0 aromatic heterocycles. The highest BCUT2D eigenvalue weighted by atomic mass is 32.1. The first-order chi connectivity index (χ1) is 3.72. The van der Waals surface area contributed by atoms with Crippen molar-refractivity contribution in [1.82, 2.24) is 0 Å². The predicted octanol–water partition coefficient (Wildman–Crippen LogP) is 0.285. The third-order valence-corrected chi connectivity index (χ3v) is 2.87. The second-order valence-electron chi connectivity index (χ2n) is 2.06. The molecule has 1 rings (SSSR count). The second-order valence-corrected chi connectivity index (χ2v) is 3.66. The first-order valence-corrected chi connectivity index (χ1v) is 4.04. The molecular formula is C5H8OSSi. The number of rotatable bonds is 1. The number of hydrogen-bond acceptors (Lipinski definition) is 1. The molecule has 8 heavy (non-hydrogen) atoms. The summed E-state index contributed by atoms with van der Waals surface area (Å²) in [5.74, 6) is 0. The van der Waals surface area contributed by atoms with Crippen LogP contribution in [0.25, 0.3) is 0 Å². The lowest BCUT2D eigenvalue weighted by atomic mass is 9.99. The molecule has 1 aliphatic carbocycles. The molecule has 0 heterocycles. The molecule has 0 fully saturated rings. The van der Waals surface area contributed by atoms with E-state index in [1.54, 1.807) is 0 Å². The molecular weight excluding hydrogens is 136 g/mol. The van der Waals surface area contributed by atoms with Gasteiger partial charge in [-0.1, -0.05) is 5.20 Å². The molecule has 0 aromatic rings. The van der Waals surface area contributed by atoms with Crippen LogP contribution >= 0.6 is 12.2 Å². The zero-order valence-corrected chi connectivity index (χ0v) is 7.59. The van der Waals surface area contributed by atoms with E-state index in [0.717, 1.165) is 22.2 Å². The Morgan fingerprint density at radius 2 is 2.25 bits per heavy atom. The third-order valence-electron chi connectivity index (χ3n) is 1.52. The van der Waals surface area contributed by atoms with Gasteiger partial charge < -0.3 is 5.11 Å². The maximum atomic E-state index is 8.74. The fourth-order valence-corrected chi connectivity index (χ4v) is 1.98. The minimum atomic E-state index is 0.126. The van der Waals surface area contributed by atoms with Gasteiger partial charge in [-0.05, 0) is 25.1 Å². The van der Waals surface area contributed by atoms with Crippen molar-refractivity contribution in [2.24, 2.45) is 0 Å². The van der Waals surface area contributed by atoms with Gasteiger partial charge in [0.1, 0.15) is 0 Å². The highest BCUT2D eigenvalue weighted by Crippen LogP contribution is 2.25. The number of hydrogen-bond donors (Lipinski definition) is 1. The number of allylic oxidation sites excluding steroid dienone is 1. The summed E-state index contributed by atoms with van der Waals surface area (Å²) >= 11 is 4.57. The summed E-state index contributed by atoms with van der Waals surface area (Å²) in [5.41, 5.74) is 1.05. The van der Waals surface area contributed by atoms with Crippen molar-refractivity contribution in [1.29, 1.82) is 0 Å². The van der Waals surface area contributed by atoms with Gasteiger partial charge in [0, 0.05) is 15.8 Å². The van der Waals surface area contributed by atoms with E-state index >= 15 is 0 Å². The summed E-state index contributed by atoms with van der Waals surface area (Å²) in [5, 5.41) is 10.3. The molecule has 0 amide bonds. The third kappa shape index (κ3) is 0.832. The van der Waals surface area contributed by atoms with Crippen LogP contribution in [-0.4, -0.2) is 20.4 Å². The highest BCUT2D eigenvalue weighted by molar-refractivity contribution is 7.80. The minimum Gasteiger partial charge on any atom is -0.499 e. The first-order valence-electron chi connectivity index (χ1n) is 2.63. The molecule has 0 spiro atoms. The molecule has 0 aliphatic heterocycles. The van der Waals surface area contributed by atoms with Crippen LogP contribution in [0.4, 0.5) is 0 Å². The van der Waals surface area contributed by atoms with E-state index in [1.807, 2.05) is 0 Å². The molecule has 0 saturated heterocycles. The first kappa shape index (κ1) is 5.97. The zero-order chi connectivity index (χ0) is 6.15. The Balaban J connectivity index is 2.74. The van der Waals surface area contributed by atoms with Gasteiger partial charge in [0.25, 0.3) is 0 Å². The van der Waals surface area contributed by atoms with E-state index in [0.29, 0.717) is 0 Å². The standard InChI is InChI=1S/C5H8OSSi/c6-5(7)3-1-2-4(3)8/h1-2H2,8H3,(H,6,7). The number of thiocarbonyl (C=S) groups is 1. The van der Waals surface area contributed by atoms with Crippen molar-refractivity contribution in [2.75, 3.05) is 0 Å². The van der Waals surface area contributed by atoms with Crippen molar-refractivity contribution >= 4 is 27.5 Å². The Morgan fingerprint density at radius 1 is 1.62 bits per heavy atom. The Morgan fingerprint density at radius 3 is 2.25 bits per heavy atom. The smallest absolute Gasteiger partial charge is 0.184 e.